The van der Waals surface area contributed by atoms with E-state index in [2.05, 4.69) is 5.32 Å². The highest BCUT2D eigenvalue weighted by Crippen LogP contribution is 2.19. The van der Waals surface area contributed by atoms with E-state index in [1.165, 1.54) is 10.4 Å². The summed E-state index contributed by atoms with van der Waals surface area (Å²) in [7, 11) is -0.373. The summed E-state index contributed by atoms with van der Waals surface area (Å²) in [5.74, 6) is 0.442. The van der Waals surface area contributed by atoms with Crippen LogP contribution >= 0.6 is 0 Å². The minimum atomic E-state index is -3.51. The molecule has 6 nitrogen and oxygen atoms in total. The van der Waals surface area contributed by atoms with Crippen LogP contribution < -0.4 is 10.1 Å². The van der Waals surface area contributed by atoms with Crippen LogP contribution in [0.5, 0.6) is 5.75 Å². The van der Waals surface area contributed by atoms with Gasteiger partial charge in [-0.2, -0.15) is 4.31 Å². The first-order valence-electron chi connectivity index (χ1n) is 8.91. The quantitative estimate of drug-likeness (QED) is 0.689. The van der Waals surface area contributed by atoms with E-state index in [0.717, 1.165) is 11.1 Å². The highest BCUT2D eigenvalue weighted by Gasteiger charge is 2.22. The molecule has 28 heavy (non-hydrogen) atoms. The summed E-state index contributed by atoms with van der Waals surface area (Å²) in [4.78, 5) is 12.3. The van der Waals surface area contributed by atoms with Gasteiger partial charge in [0, 0.05) is 31.3 Å². The van der Waals surface area contributed by atoms with Crippen LogP contribution in [0.4, 0.5) is 0 Å². The Balaban J connectivity index is 1.98. The van der Waals surface area contributed by atoms with Crippen LogP contribution in [0.15, 0.2) is 59.5 Å². The van der Waals surface area contributed by atoms with Crippen molar-refractivity contribution in [3.63, 3.8) is 0 Å². The van der Waals surface area contributed by atoms with E-state index in [1.54, 1.807) is 44.5 Å². The minimum Gasteiger partial charge on any atom is -0.496 e. The van der Waals surface area contributed by atoms with Crippen LogP contribution in [0, 0.1) is 0 Å². The van der Waals surface area contributed by atoms with Gasteiger partial charge >= 0.3 is 0 Å². The number of hydrogen-bond donors (Lipinski definition) is 1. The predicted molar refractivity (Wildman–Crippen MR) is 110 cm³/mol. The van der Waals surface area contributed by atoms with Crippen LogP contribution in [-0.4, -0.2) is 38.8 Å². The Bertz CT molecular complexity index is 935. The molecule has 1 amide bonds. The fourth-order valence-corrected chi connectivity index (χ4v) is 3.81. The van der Waals surface area contributed by atoms with Crippen molar-refractivity contribution >= 4 is 22.0 Å². The maximum Gasteiger partial charge on any atom is 0.244 e. The van der Waals surface area contributed by atoms with Crippen molar-refractivity contribution in [3.8, 4) is 5.75 Å². The number of nitrogens with one attached hydrogen (secondary N) is 1. The van der Waals surface area contributed by atoms with Crippen LogP contribution in [0.3, 0.4) is 0 Å². The number of methoxy groups -OCH3 is 1. The second-order valence-electron chi connectivity index (χ2n) is 6.55. The number of hydrogen-bond acceptors (Lipinski definition) is 4. The molecular weight excluding hydrogens is 376 g/mol. The highest BCUT2D eigenvalue weighted by atomic mass is 32.2. The first-order valence-corrected chi connectivity index (χ1v) is 10.4. The van der Waals surface area contributed by atoms with E-state index >= 15 is 0 Å². The smallest absolute Gasteiger partial charge is 0.244 e. The van der Waals surface area contributed by atoms with Crippen molar-refractivity contribution < 1.29 is 17.9 Å². The normalized spacial score (nSPS) is 11.9. The van der Waals surface area contributed by atoms with E-state index < -0.39 is 10.0 Å². The molecule has 0 unspecified atom stereocenters. The molecule has 0 spiro atoms. The van der Waals surface area contributed by atoms with E-state index in [4.69, 9.17) is 4.74 Å². The largest absolute Gasteiger partial charge is 0.496 e. The summed E-state index contributed by atoms with van der Waals surface area (Å²) >= 11 is 0. The van der Waals surface area contributed by atoms with Gasteiger partial charge in [0.05, 0.1) is 12.0 Å². The molecule has 2 rings (SSSR count). The Hall–Kier alpha value is -2.64. The van der Waals surface area contributed by atoms with Crippen molar-refractivity contribution in [2.75, 3.05) is 14.2 Å². The molecule has 1 N–H and O–H groups in total. The summed E-state index contributed by atoms with van der Waals surface area (Å²) in [6, 6.07) is 13.8. The van der Waals surface area contributed by atoms with Crippen molar-refractivity contribution in [2.24, 2.45) is 0 Å². The first kappa shape index (κ1) is 21.7. The van der Waals surface area contributed by atoms with Crippen LogP contribution in [-0.2, 0) is 21.4 Å². The molecule has 0 aliphatic rings. The molecule has 0 atom stereocenters. The van der Waals surface area contributed by atoms with Crippen LogP contribution in [0.2, 0.25) is 0 Å². The Morgan fingerprint density at radius 2 is 1.79 bits per heavy atom. The summed E-state index contributed by atoms with van der Waals surface area (Å²) in [6.07, 6.45) is 3.12. The summed E-state index contributed by atoms with van der Waals surface area (Å²) in [6.45, 7) is 3.94. The Morgan fingerprint density at radius 3 is 2.39 bits per heavy atom. The van der Waals surface area contributed by atoms with Gasteiger partial charge in [0.2, 0.25) is 15.9 Å². The molecule has 0 radical (unpaired) electrons. The third kappa shape index (κ3) is 5.43. The SMILES string of the molecule is COc1ccccc1/C=C/C(=O)NCc1ccc(S(=O)(=O)N(C)C(C)C)cc1. The molecule has 150 valence electrons. The molecule has 0 aliphatic carbocycles. The second-order valence-corrected chi connectivity index (χ2v) is 8.55. The standard InChI is InChI=1S/C21H26N2O4S/c1-16(2)23(3)28(25,26)19-12-9-17(10-13-19)15-22-21(24)14-11-18-7-5-6-8-20(18)27-4/h5-14,16H,15H2,1-4H3,(H,22,24)/b14-11+. The van der Waals surface area contributed by atoms with E-state index in [-0.39, 0.29) is 16.8 Å². The van der Waals surface area contributed by atoms with Gasteiger partial charge in [0.15, 0.2) is 0 Å². The average Bonchev–Trinajstić information content (AvgIpc) is 2.70. The lowest BCUT2D eigenvalue weighted by molar-refractivity contribution is -0.116. The van der Waals surface area contributed by atoms with Gasteiger partial charge in [-0.15, -0.1) is 0 Å². The average molecular weight is 403 g/mol. The molecule has 0 saturated carbocycles. The van der Waals surface area contributed by atoms with Gasteiger partial charge in [-0.1, -0.05) is 30.3 Å². The summed E-state index contributed by atoms with van der Waals surface area (Å²) in [5.41, 5.74) is 1.62. The molecule has 0 bridgehead atoms. The predicted octanol–water partition coefficient (Wildman–Crippen LogP) is 3.05. The second kappa shape index (κ2) is 9.52. The van der Waals surface area contributed by atoms with Crippen molar-refractivity contribution in [2.45, 2.75) is 31.3 Å². The molecular formula is C21H26N2O4S. The molecule has 2 aromatic carbocycles. The molecule has 0 heterocycles. The maximum absolute atomic E-state index is 12.5. The zero-order valence-electron chi connectivity index (χ0n) is 16.5. The van der Waals surface area contributed by atoms with E-state index in [9.17, 15) is 13.2 Å². The number of sulfonamides is 1. The topological polar surface area (TPSA) is 75.7 Å². The third-order valence-electron chi connectivity index (χ3n) is 4.35. The van der Waals surface area contributed by atoms with Crippen LogP contribution in [0.1, 0.15) is 25.0 Å². The Morgan fingerprint density at radius 1 is 1.14 bits per heavy atom. The number of benzene rings is 2. The monoisotopic (exact) mass is 402 g/mol. The molecule has 0 aliphatic heterocycles. The van der Waals surface area contributed by atoms with E-state index in [0.29, 0.717) is 12.3 Å². The highest BCUT2D eigenvalue weighted by molar-refractivity contribution is 7.89. The zero-order valence-corrected chi connectivity index (χ0v) is 17.4. The fourth-order valence-electron chi connectivity index (χ4n) is 2.44. The van der Waals surface area contributed by atoms with Gasteiger partial charge in [-0.25, -0.2) is 8.42 Å². The molecule has 7 heteroatoms. The lowest BCUT2D eigenvalue weighted by Gasteiger charge is -2.21. The first-order chi connectivity index (χ1) is 13.3. The van der Waals surface area contributed by atoms with Crippen molar-refractivity contribution in [1.29, 1.82) is 0 Å². The third-order valence-corrected chi connectivity index (χ3v) is 6.40. The summed E-state index contributed by atoms with van der Waals surface area (Å²) < 4.78 is 31.5. The van der Waals surface area contributed by atoms with Gasteiger partial charge < -0.3 is 10.1 Å². The summed E-state index contributed by atoms with van der Waals surface area (Å²) in [5, 5.41) is 2.78. The van der Waals surface area contributed by atoms with Gasteiger partial charge in [0.1, 0.15) is 5.75 Å². The number of para-hydroxylation sites is 1. The number of carbonyl (C=O) groups is 1. The fraction of sp³-hybridized carbons (Fsp3) is 0.286. The number of ether oxygens (including phenoxy) is 1. The Labute approximate surface area is 166 Å². The van der Waals surface area contributed by atoms with Gasteiger partial charge in [-0.05, 0) is 43.7 Å². The van der Waals surface area contributed by atoms with E-state index in [1.807, 2.05) is 38.1 Å². The molecule has 2 aromatic rings. The van der Waals surface area contributed by atoms with Gasteiger partial charge in [0.25, 0.3) is 0 Å². The number of rotatable bonds is 8. The van der Waals surface area contributed by atoms with Gasteiger partial charge in [-0.3, -0.25) is 4.79 Å². The lowest BCUT2D eigenvalue weighted by atomic mass is 10.2. The maximum atomic E-state index is 12.5. The number of amides is 1. The molecule has 0 aromatic heterocycles. The Kier molecular flexibility index (Phi) is 7.37. The number of carbonyl (C=O) groups excluding carboxylic acids is 1. The molecule has 0 saturated heterocycles. The zero-order chi connectivity index (χ0) is 20.7. The van der Waals surface area contributed by atoms with Crippen LogP contribution in [0.25, 0.3) is 6.08 Å². The lowest BCUT2D eigenvalue weighted by Crippen LogP contribution is -2.33. The molecule has 0 fully saturated rings. The number of nitrogens with zero attached hydrogens (tertiary/aromatic N) is 1. The van der Waals surface area contributed by atoms with Crippen molar-refractivity contribution in [3.05, 3.63) is 65.7 Å². The minimum absolute atomic E-state index is 0.126. The van der Waals surface area contributed by atoms with Crippen molar-refractivity contribution in [1.82, 2.24) is 9.62 Å².